The fourth-order valence-electron chi connectivity index (χ4n) is 2.47. The maximum Gasteiger partial charge on any atom is 0.251 e. The van der Waals surface area contributed by atoms with Crippen molar-refractivity contribution in [1.29, 1.82) is 5.26 Å². The molecular formula is C19H19FN2O3. The van der Waals surface area contributed by atoms with Crippen LogP contribution < -0.4 is 14.8 Å². The van der Waals surface area contributed by atoms with Crippen LogP contribution >= 0.6 is 0 Å². The predicted molar refractivity (Wildman–Crippen MR) is 91.1 cm³/mol. The standard InChI is InChI=1S/C19H19FN2O3/c1-12(15-10-17(24-2)18(25-3)11-16(15)20)22-19(23)14-6-4-5-13(9-14)7-8-21/h4-6,9-12H,7H2,1-3H3,(H,22,23)/t12-/m0/s1. The van der Waals surface area contributed by atoms with Crippen LogP contribution in [0.5, 0.6) is 11.5 Å². The van der Waals surface area contributed by atoms with E-state index in [-0.39, 0.29) is 18.1 Å². The number of hydrogen-bond acceptors (Lipinski definition) is 4. The van der Waals surface area contributed by atoms with Crippen molar-refractivity contribution in [2.24, 2.45) is 0 Å². The average molecular weight is 342 g/mol. The molecule has 6 heteroatoms. The first-order valence-electron chi connectivity index (χ1n) is 7.68. The second-order valence-corrected chi connectivity index (χ2v) is 5.46. The van der Waals surface area contributed by atoms with Crippen molar-refractivity contribution in [3.05, 3.63) is 58.9 Å². The quantitative estimate of drug-likeness (QED) is 0.873. The fourth-order valence-corrected chi connectivity index (χ4v) is 2.47. The number of benzene rings is 2. The van der Waals surface area contributed by atoms with Crippen LogP contribution in [0.25, 0.3) is 0 Å². The summed E-state index contributed by atoms with van der Waals surface area (Å²) in [7, 11) is 2.89. The Morgan fingerprint density at radius 2 is 1.92 bits per heavy atom. The molecule has 1 N–H and O–H groups in total. The van der Waals surface area contributed by atoms with E-state index in [1.807, 2.05) is 6.07 Å². The van der Waals surface area contributed by atoms with Gasteiger partial charge in [0, 0.05) is 17.2 Å². The summed E-state index contributed by atoms with van der Waals surface area (Å²) in [4.78, 5) is 12.4. The number of carbonyl (C=O) groups is 1. The van der Waals surface area contributed by atoms with Gasteiger partial charge in [0.2, 0.25) is 0 Å². The second-order valence-electron chi connectivity index (χ2n) is 5.46. The summed E-state index contributed by atoms with van der Waals surface area (Å²) in [6.07, 6.45) is 0.223. The minimum atomic E-state index is -0.577. The molecule has 1 amide bonds. The van der Waals surface area contributed by atoms with Gasteiger partial charge in [-0.05, 0) is 30.7 Å². The Kier molecular flexibility index (Phi) is 5.96. The fraction of sp³-hybridized carbons (Fsp3) is 0.263. The molecule has 0 aliphatic heterocycles. The van der Waals surface area contributed by atoms with Gasteiger partial charge in [0.15, 0.2) is 11.5 Å². The number of rotatable bonds is 6. The van der Waals surface area contributed by atoms with Gasteiger partial charge in [0.05, 0.1) is 32.8 Å². The SMILES string of the molecule is COc1cc(F)c([C@H](C)NC(=O)c2cccc(CC#N)c2)cc1OC. The van der Waals surface area contributed by atoms with Gasteiger partial charge in [-0.25, -0.2) is 4.39 Å². The van der Waals surface area contributed by atoms with E-state index in [1.54, 1.807) is 31.2 Å². The maximum absolute atomic E-state index is 14.3. The van der Waals surface area contributed by atoms with Crippen LogP contribution in [-0.4, -0.2) is 20.1 Å². The first-order chi connectivity index (χ1) is 12.0. The molecule has 2 aromatic carbocycles. The smallest absolute Gasteiger partial charge is 0.251 e. The van der Waals surface area contributed by atoms with Gasteiger partial charge in [-0.15, -0.1) is 0 Å². The monoisotopic (exact) mass is 342 g/mol. The molecule has 0 fully saturated rings. The lowest BCUT2D eigenvalue weighted by atomic mass is 10.0. The Hall–Kier alpha value is -3.07. The highest BCUT2D eigenvalue weighted by Crippen LogP contribution is 2.32. The van der Waals surface area contributed by atoms with Crippen LogP contribution in [0, 0.1) is 17.1 Å². The summed E-state index contributed by atoms with van der Waals surface area (Å²) in [6, 6.07) is 11.0. The molecular weight excluding hydrogens is 323 g/mol. The molecule has 2 rings (SSSR count). The molecule has 0 radical (unpaired) electrons. The molecule has 0 aliphatic rings. The lowest BCUT2D eigenvalue weighted by molar-refractivity contribution is 0.0939. The number of carbonyl (C=O) groups excluding carboxylic acids is 1. The van der Waals surface area contributed by atoms with Gasteiger partial charge in [0.25, 0.3) is 5.91 Å². The molecule has 0 spiro atoms. The molecule has 0 aromatic heterocycles. The molecule has 0 saturated carbocycles. The molecule has 0 bridgehead atoms. The summed E-state index contributed by atoms with van der Waals surface area (Å²) < 4.78 is 24.5. The van der Waals surface area contributed by atoms with Crippen LogP contribution in [0.2, 0.25) is 0 Å². The number of hydrogen-bond donors (Lipinski definition) is 1. The van der Waals surface area contributed by atoms with Gasteiger partial charge >= 0.3 is 0 Å². The van der Waals surface area contributed by atoms with Gasteiger partial charge in [-0.2, -0.15) is 5.26 Å². The van der Waals surface area contributed by atoms with E-state index in [4.69, 9.17) is 14.7 Å². The minimum Gasteiger partial charge on any atom is -0.493 e. The molecule has 5 nitrogen and oxygen atoms in total. The van der Waals surface area contributed by atoms with E-state index in [9.17, 15) is 9.18 Å². The van der Waals surface area contributed by atoms with Crippen molar-refractivity contribution in [2.45, 2.75) is 19.4 Å². The number of halogens is 1. The van der Waals surface area contributed by atoms with Crippen molar-refractivity contribution in [1.82, 2.24) is 5.32 Å². The second kappa shape index (κ2) is 8.15. The van der Waals surface area contributed by atoms with E-state index in [2.05, 4.69) is 5.32 Å². The Morgan fingerprint density at radius 3 is 2.56 bits per heavy atom. The van der Waals surface area contributed by atoms with Crippen LogP contribution in [0.3, 0.4) is 0 Å². The highest BCUT2D eigenvalue weighted by Gasteiger charge is 2.18. The van der Waals surface area contributed by atoms with Gasteiger partial charge in [-0.1, -0.05) is 12.1 Å². The van der Waals surface area contributed by atoms with Crippen LogP contribution in [-0.2, 0) is 6.42 Å². The minimum absolute atomic E-state index is 0.223. The van der Waals surface area contributed by atoms with Crippen molar-refractivity contribution >= 4 is 5.91 Å². The molecule has 2 aromatic rings. The van der Waals surface area contributed by atoms with Gasteiger partial charge in [-0.3, -0.25) is 4.79 Å². The zero-order valence-corrected chi connectivity index (χ0v) is 14.3. The summed E-state index contributed by atoms with van der Waals surface area (Å²) in [5.41, 5.74) is 1.46. The third-order valence-electron chi connectivity index (χ3n) is 3.79. The highest BCUT2D eigenvalue weighted by atomic mass is 19.1. The molecule has 25 heavy (non-hydrogen) atoms. The normalized spacial score (nSPS) is 11.3. The topological polar surface area (TPSA) is 71.3 Å². The third kappa shape index (κ3) is 4.27. The molecule has 0 unspecified atom stereocenters. The Balaban J connectivity index is 2.22. The van der Waals surface area contributed by atoms with E-state index in [0.717, 1.165) is 5.56 Å². The van der Waals surface area contributed by atoms with Gasteiger partial charge < -0.3 is 14.8 Å². The first kappa shape index (κ1) is 18.3. The van der Waals surface area contributed by atoms with E-state index >= 15 is 0 Å². The Morgan fingerprint density at radius 1 is 1.24 bits per heavy atom. The Bertz CT molecular complexity index is 815. The first-order valence-corrected chi connectivity index (χ1v) is 7.68. The third-order valence-corrected chi connectivity index (χ3v) is 3.79. The summed E-state index contributed by atoms with van der Waals surface area (Å²) in [5, 5.41) is 11.5. The maximum atomic E-state index is 14.3. The van der Waals surface area contributed by atoms with Crippen molar-refractivity contribution in [3.8, 4) is 17.6 Å². The van der Waals surface area contributed by atoms with Crippen molar-refractivity contribution in [2.75, 3.05) is 14.2 Å². The molecule has 130 valence electrons. The molecule has 1 atom stereocenters. The Labute approximate surface area is 146 Å². The van der Waals surface area contributed by atoms with Crippen LogP contribution in [0.15, 0.2) is 36.4 Å². The summed E-state index contributed by atoms with van der Waals surface area (Å²) >= 11 is 0. The van der Waals surface area contributed by atoms with E-state index in [1.165, 1.54) is 26.4 Å². The molecule has 0 saturated heterocycles. The predicted octanol–water partition coefficient (Wildman–Crippen LogP) is 3.40. The highest BCUT2D eigenvalue weighted by molar-refractivity contribution is 5.94. The summed E-state index contributed by atoms with van der Waals surface area (Å²) in [6.45, 7) is 1.68. The number of amides is 1. The largest absolute Gasteiger partial charge is 0.493 e. The number of ether oxygens (including phenoxy) is 2. The lowest BCUT2D eigenvalue weighted by Gasteiger charge is -2.17. The number of nitrogens with zero attached hydrogens (tertiary/aromatic N) is 1. The van der Waals surface area contributed by atoms with Crippen LogP contribution in [0.1, 0.15) is 34.5 Å². The van der Waals surface area contributed by atoms with Crippen molar-refractivity contribution in [3.63, 3.8) is 0 Å². The molecule has 0 aliphatic carbocycles. The zero-order chi connectivity index (χ0) is 18.4. The van der Waals surface area contributed by atoms with E-state index in [0.29, 0.717) is 16.9 Å². The lowest BCUT2D eigenvalue weighted by Crippen LogP contribution is -2.27. The number of methoxy groups -OCH3 is 2. The zero-order valence-electron chi connectivity index (χ0n) is 14.3. The number of nitriles is 1. The summed E-state index contributed by atoms with van der Waals surface area (Å²) in [5.74, 6) is -0.173. The number of nitrogens with one attached hydrogen (secondary N) is 1. The van der Waals surface area contributed by atoms with Crippen molar-refractivity contribution < 1.29 is 18.7 Å². The molecule has 0 heterocycles. The van der Waals surface area contributed by atoms with Gasteiger partial charge in [0.1, 0.15) is 5.82 Å². The van der Waals surface area contributed by atoms with Crippen LogP contribution in [0.4, 0.5) is 4.39 Å². The van der Waals surface area contributed by atoms with E-state index < -0.39 is 11.9 Å². The average Bonchev–Trinajstić information content (AvgIpc) is 2.61.